The fourth-order valence-corrected chi connectivity index (χ4v) is 0.943. The molecular formula is C7H10ClF2N3O2. The summed E-state index contributed by atoms with van der Waals surface area (Å²) in [5, 5.41) is 8.56. The Bertz CT molecular complexity index is 320. The van der Waals surface area contributed by atoms with Gasteiger partial charge in [-0.3, -0.25) is 0 Å². The zero-order chi connectivity index (χ0) is 10.8. The minimum Gasteiger partial charge on any atom is -0.480 e. The lowest BCUT2D eigenvalue weighted by atomic mass is 9.96. The summed E-state index contributed by atoms with van der Waals surface area (Å²) in [6, 6.07) is 0. The summed E-state index contributed by atoms with van der Waals surface area (Å²) in [6.45, 7) is 0. The first-order valence-electron chi connectivity index (χ1n) is 3.74. The molecule has 0 aromatic carbocycles. The van der Waals surface area contributed by atoms with Crippen LogP contribution in [0.4, 0.5) is 8.78 Å². The summed E-state index contributed by atoms with van der Waals surface area (Å²) in [4.78, 5) is 16.6. The third-order valence-electron chi connectivity index (χ3n) is 1.83. The summed E-state index contributed by atoms with van der Waals surface area (Å²) >= 11 is 0. The molecule has 0 aliphatic rings. The summed E-state index contributed by atoms with van der Waals surface area (Å²) in [6.07, 6.45) is -1.10. The van der Waals surface area contributed by atoms with Gasteiger partial charge < -0.3 is 15.8 Å². The summed E-state index contributed by atoms with van der Waals surface area (Å²) in [5.74, 6) is -1.73. The van der Waals surface area contributed by atoms with Crippen molar-refractivity contribution in [2.45, 2.75) is 18.4 Å². The molecule has 0 saturated heterocycles. The van der Waals surface area contributed by atoms with Crippen LogP contribution in [0.2, 0.25) is 0 Å². The second-order valence-corrected chi connectivity index (χ2v) is 2.90. The van der Waals surface area contributed by atoms with Crippen molar-refractivity contribution in [3.63, 3.8) is 0 Å². The number of aliphatic carboxylic acids is 1. The minimum absolute atomic E-state index is 0. The van der Waals surface area contributed by atoms with E-state index < -0.39 is 24.4 Å². The van der Waals surface area contributed by atoms with Crippen molar-refractivity contribution in [3.8, 4) is 0 Å². The quantitative estimate of drug-likeness (QED) is 0.712. The molecule has 8 heteroatoms. The first kappa shape index (κ1) is 13.8. The van der Waals surface area contributed by atoms with E-state index in [2.05, 4.69) is 9.97 Å². The Morgan fingerprint density at radius 2 is 2.33 bits per heavy atom. The number of rotatable bonds is 4. The zero-order valence-electron chi connectivity index (χ0n) is 7.48. The second-order valence-electron chi connectivity index (χ2n) is 2.90. The van der Waals surface area contributed by atoms with Gasteiger partial charge in [0, 0.05) is 18.3 Å². The molecule has 1 atom stereocenters. The van der Waals surface area contributed by atoms with Crippen molar-refractivity contribution in [2.75, 3.05) is 0 Å². The topological polar surface area (TPSA) is 92.0 Å². The predicted molar refractivity (Wildman–Crippen MR) is 50.1 cm³/mol. The van der Waals surface area contributed by atoms with Crippen LogP contribution in [0.3, 0.4) is 0 Å². The predicted octanol–water partition coefficient (Wildman–Crippen LogP) is 0.421. The molecule has 1 rings (SSSR count). The van der Waals surface area contributed by atoms with Gasteiger partial charge in [0.25, 0.3) is 6.43 Å². The Labute approximate surface area is 90.1 Å². The largest absolute Gasteiger partial charge is 0.480 e. The molecule has 1 aromatic heterocycles. The number of aromatic amines is 1. The summed E-state index contributed by atoms with van der Waals surface area (Å²) in [7, 11) is 0. The number of nitrogens with zero attached hydrogens (tertiary/aromatic N) is 1. The highest BCUT2D eigenvalue weighted by Crippen LogP contribution is 2.17. The minimum atomic E-state index is -3.14. The SMILES string of the molecule is Cl.NC(Cc1cnc[nH]1)(C(=O)O)C(F)F. The van der Waals surface area contributed by atoms with Crippen LogP contribution >= 0.6 is 12.4 Å². The number of aromatic nitrogens is 2. The maximum Gasteiger partial charge on any atom is 0.330 e. The Hall–Kier alpha value is -1.21. The molecule has 15 heavy (non-hydrogen) atoms. The number of hydrogen-bond acceptors (Lipinski definition) is 3. The number of H-pyrrole nitrogens is 1. The fraction of sp³-hybridized carbons (Fsp3) is 0.429. The Balaban J connectivity index is 0.00000196. The first-order valence-corrected chi connectivity index (χ1v) is 3.74. The maximum absolute atomic E-state index is 12.4. The molecule has 0 bridgehead atoms. The third kappa shape index (κ3) is 2.87. The van der Waals surface area contributed by atoms with E-state index in [1.54, 1.807) is 0 Å². The van der Waals surface area contributed by atoms with E-state index in [9.17, 15) is 13.6 Å². The smallest absolute Gasteiger partial charge is 0.330 e. The Kier molecular flexibility index (Phi) is 4.63. The van der Waals surface area contributed by atoms with Crippen molar-refractivity contribution in [3.05, 3.63) is 18.2 Å². The van der Waals surface area contributed by atoms with E-state index in [1.807, 2.05) is 0 Å². The van der Waals surface area contributed by atoms with Gasteiger partial charge in [-0.1, -0.05) is 0 Å². The van der Waals surface area contributed by atoms with Crippen LogP contribution in [0.15, 0.2) is 12.5 Å². The van der Waals surface area contributed by atoms with E-state index in [1.165, 1.54) is 12.5 Å². The van der Waals surface area contributed by atoms with E-state index in [0.717, 1.165) is 0 Å². The van der Waals surface area contributed by atoms with Gasteiger partial charge in [-0.05, 0) is 0 Å². The lowest BCUT2D eigenvalue weighted by molar-refractivity contribution is -0.149. The number of carboxylic acids is 1. The van der Waals surface area contributed by atoms with Crippen molar-refractivity contribution >= 4 is 18.4 Å². The van der Waals surface area contributed by atoms with Gasteiger partial charge in [0.05, 0.1) is 6.33 Å². The van der Waals surface area contributed by atoms with Gasteiger partial charge in [0.1, 0.15) is 0 Å². The molecule has 0 aliphatic carbocycles. The number of carbonyl (C=O) groups is 1. The van der Waals surface area contributed by atoms with E-state index >= 15 is 0 Å². The van der Waals surface area contributed by atoms with Crippen molar-refractivity contribution < 1.29 is 18.7 Å². The van der Waals surface area contributed by atoms with Crippen LogP contribution in [-0.4, -0.2) is 33.0 Å². The highest BCUT2D eigenvalue weighted by molar-refractivity contribution is 5.85. The van der Waals surface area contributed by atoms with E-state index in [4.69, 9.17) is 10.8 Å². The lowest BCUT2D eigenvalue weighted by Gasteiger charge is -2.22. The van der Waals surface area contributed by atoms with Crippen molar-refractivity contribution in [1.29, 1.82) is 0 Å². The van der Waals surface area contributed by atoms with Gasteiger partial charge in [0.2, 0.25) is 0 Å². The van der Waals surface area contributed by atoms with Crippen LogP contribution in [0.1, 0.15) is 5.69 Å². The molecule has 0 saturated carbocycles. The molecule has 4 N–H and O–H groups in total. The highest BCUT2D eigenvalue weighted by Gasteiger charge is 2.44. The molecular weight excluding hydrogens is 232 g/mol. The number of imidazole rings is 1. The number of nitrogens with two attached hydrogens (primary N) is 1. The van der Waals surface area contributed by atoms with Crippen LogP contribution in [0, 0.1) is 0 Å². The molecule has 0 radical (unpaired) electrons. The monoisotopic (exact) mass is 241 g/mol. The van der Waals surface area contributed by atoms with E-state index in [0.29, 0.717) is 0 Å². The Morgan fingerprint density at radius 3 is 2.67 bits per heavy atom. The van der Waals surface area contributed by atoms with Gasteiger partial charge in [-0.25, -0.2) is 18.6 Å². The van der Waals surface area contributed by atoms with Crippen LogP contribution in [0.25, 0.3) is 0 Å². The molecule has 0 amide bonds. The average molecular weight is 242 g/mol. The molecule has 1 aromatic rings. The Morgan fingerprint density at radius 1 is 1.73 bits per heavy atom. The van der Waals surface area contributed by atoms with Crippen molar-refractivity contribution in [1.82, 2.24) is 9.97 Å². The molecule has 0 fully saturated rings. The number of halogens is 3. The number of hydrogen-bond donors (Lipinski definition) is 3. The molecule has 0 spiro atoms. The molecule has 1 unspecified atom stereocenters. The number of nitrogens with one attached hydrogen (secondary N) is 1. The van der Waals surface area contributed by atoms with Gasteiger partial charge in [0.15, 0.2) is 5.54 Å². The number of carboxylic acid groups (broad SMARTS) is 1. The molecule has 1 heterocycles. The van der Waals surface area contributed by atoms with Crippen LogP contribution in [-0.2, 0) is 11.2 Å². The van der Waals surface area contributed by atoms with E-state index in [-0.39, 0.29) is 18.1 Å². The molecule has 86 valence electrons. The molecule has 5 nitrogen and oxygen atoms in total. The van der Waals surface area contributed by atoms with Gasteiger partial charge in [-0.2, -0.15) is 0 Å². The van der Waals surface area contributed by atoms with Crippen LogP contribution in [0.5, 0.6) is 0 Å². The first-order chi connectivity index (χ1) is 6.47. The second kappa shape index (κ2) is 5.04. The van der Waals surface area contributed by atoms with Gasteiger partial charge >= 0.3 is 5.97 Å². The van der Waals surface area contributed by atoms with Gasteiger partial charge in [-0.15, -0.1) is 12.4 Å². The van der Waals surface area contributed by atoms with Crippen LogP contribution < -0.4 is 5.73 Å². The fourth-order valence-electron chi connectivity index (χ4n) is 0.943. The maximum atomic E-state index is 12.4. The van der Waals surface area contributed by atoms with Crippen molar-refractivity contribution in [2.24, 2.45) is 5.73 Å². The standard InChI is InChI=1S/C7H9F2N3O2.ClH/c8-5(9)7(10,6(13)14)1-4-2-11-3-12-4;/h2-3,5H,1,10H2,(H,11,12)(H,13,14);1H. The average Bonchev–Trinajstić information content (AvgIpc) is 2.55. The summed E-state index contributed by atoms with van der Waals surface area (Å²) < 4.78 is 24.8. The molecule has 0 aliphatic heterocycles. The summed E-state index contributed by atoms with van der Waals surface area (Å²) in [5.41, 5.74) is 2.77. The highest BCUT2D eigenvalue weighted by atomic mass is 35.5. The third-order valence-corrected chi connectivity index (χ3v) is 1.83. The normalized spacial score (nSPS) is 14.4. The number of alkyl halides is 2. The zero-order valence-corrected chi connectivity index (χ0v) is 8.30. The lowest BCUT2D eigenvalue weighted by Crippen LogP contribution is -2.56.